The Labute approximate surface area is 194 Å². The van der Waals surface area contributed by atoms with Crippen molar-refractivity contribution in [3.8, 4) is 16.3 Å². The van der Waals surface area contributed by atoms with E-state index in [1.807, 2.05) is 60.7 Å². The van der Waals surface area contributed by atoms with Gasteiger partial charge in [0, 0.05) is 33.1 Å². The molecule has 1 amide bonds. The van der Waals surface area contributed by atoms with Crippen LogP contribution in [0.15, 0.2) is 78.2 Å². The molecule has 1 aromatic heterocycles. The molecule has 4 rings (SSSR count). The van der Waals surface area contributed by atoms with Crippen LogP contribution in [-0.2, 0) is 13.2 Å². The van der Waals surface area contributed by atoms with Crippen molar-refractivity contribution in [2.45, 2.75) is 13.2 Å². The third kappa shape index (κ3) is 5.64. The van der Waals surface area contributed by atoms with Crippen LogP contribution >= 0.6 is 34.5 Å². The minimum Gasteiger partial charge on any atom is -0.489 e. The van der Waals surface area contributed by atoms with Gasteiger partial charge in [-0.15, -0.1) is 11.3 Å². The van der Waals surface area contributed by atoms with Gasteiger partial charge in [-0.3, -0.25) is 4.79 Å². The molecule has 0 saturated heterocycles. The maximum atomic E-state index is 12.4. The fraction of sp³-hybridized carbons (Fsp3) is 0.0833. The Balaban J connectivity index is 1.36. The maximum absolute atomic E-state index is 12.4. The number of carbonyl (C=O) groups excluding carboxylic acids is 1. The van der Waals surface area contributed by atoms with E-state index < -0.39 is 0 Å². The highest BCUT2D eigenvalue weighted by atomic mass is 35.5. The van der Waals surface area contributed by atoms with E-state index in [4.69, 9.17) is 27.9 Å². The number of amides is 1. The first-order valence-corrected chi connectivity index (χ1v) is 11.2. The number of halogens is 2. The number of benzene rings is 3. The third-order valence-corrected chi connectivity index (χ3v) is 6.02. The second-order valence-electron chi connectivity index (χ2n) is 6.75. The molecule has 3 aromatic carbocycles. The summed E-state index contributed by atoms with van der Waals surface area (Å²) in [6.07, 6.45) is 0. The molecule has 31 heavy (non-hydrogen) atoms. The molecule has 0 unspecified atom stereocenters. The van der Waals surface area contributed by atoms with E-state index in [9.17, 15) is 4.79 Å². The van der Waals surface area contributed by atoms with Crippen LogP contribution in [0.5, 0.6) is 5.75 Å². The van der Waals surface area contributed by atoms with Crippen LogP contribution in [0.25, 0.3) is 10.6 Å². The van der Waals surface area contributed by atoms with Crippen LogP contribution < -0.4 is 10.1 Å². The predicted octanol–water partition coefficient (Wildman–Crippen LogP) is 6.63. The number of nitrogens with zero attached hydrogens (tertiary/aromatic N) is 1. The summed E-state index contributed by atoms with van der Waals surface area (Å²) >= 11 is 13.5. The van der Waals surface area contributed by atoms with E-state index in [0.717, 1.165) is 21.7 Å². The molecule has 0 bridgehead atoms. The highest BCUT2D eigenvalue weighted by Gasteiger charge is 2.12. The molecule has 0 radical (unpaired) electrons. The Bertz CT molecular complexity index is 1180. The number of nitrogens with one attached hydrogen (secondary N) is 1. The third-order valence-electron chi connectivity index (χ3n) is 4.54. The summed E-state index contributed by atoms with van der Waals surface area (Å²) in [4.78, 5) is 16.9. The van der Waals surface area contributed by atoms with Crippen molar-refractivity contribution in [1.82, 2.24) is 10.3 Å². The van der Waals surface area contributed by atoms with Crippen molar-refractivity contribution >= 4 is 40.4 Å². The predicted molar refractivity (Wildman–Crippen MR) is 126 cm³/mol. The Morgan fingerprint density at radius 1 is 1.00 bits per heavy atom. The lowest BCUT2D eigenvalue weighted by molar-refractivity contribution is 0.0946. The molecular weight excluding hydrogens is 451 g/mol. The standard InChI is InChI=1S/C24H18Cl2N2O2S/c25-19-9-6-18(21(26)12-19)14-30-20-10-7-17(8-11-20)24-28-22(15-31-24)23(29)27-13-16-4-2-1-3-5-16/h1-12,15H,13-14H2,(H,27,29). The summed E-state index contributed by atoms with van der Waals surface area (Å²) in [5.74, 6) is 0.526. The number of rotatable bonds is 7. The van der Waals surface area contributed by atoms with Gasteiger partial charge in [0.25, 0.3) is 5.91 Å². The fourth-order valence-electron chi connectivity index (χ4n) is 2.87. The quantitative estimate of drug-likeness (QED) is 0.331. The number of carbonyl (C=O) groups is 1. The summed E-state index contributed by atoms with van der Waals surface area (Å²) in [5, 5.41) is 6.60. The zero-order valence-corrected chi connectivity index (χ0v) is 18.7. The Morgan fingerprint density at radius 3 is 2.52 bits per heavy atom. The van der Waals surface area contributed by atoms with Crippen LogP contribution in [0.1, 0.15) is 21.6 Å². The average Bonchev–Trinajstić information content (AvgIpc) is 3.28. The summed E-state index contributed by atoms with van der Waals surface area (Å²) in [7, 11) is 0. The number of aromatic nitrogens is 1. The Hall–Kier alpha value is -2.86. The smallest absolute Gasteiger partial charge is 0.271 e. The molecule has 7 heteroatoms. The van der Waals surface area contributed by atoms with E-state index in [1.54, 1.807) is 17.5 Å². The summed E-state index contributed by atoms with van der Waals surface area (Å²) < 4.78 is 5.81. The van der Waals surface area contributed by atoms with Gasteiger partial charge in [0.15, 0.2) is 0 Å². The van der Waals surface area contributed by atoms with E-state index in [2.05, 4.69) is 10.3 Å². The second kappa shape index (κ2) is 9.96. The van der Waals surface area contributed by atoms with Crippen LogP contribution in [0.3, 0.4) is 0 Å². The molecule has 4 aromatic rings. The molecule has 0 atom stereocenters. The maximum Gasteiger partial charge on any atom is 0.271 e. The number of hydrogen-bond donors (Lipinski definition) is 1. The molecule has 0 aliphatic rings. The van der Waals surface area contributed by atoms with Crippen LogP contribution in [0.2, 0.25) is 10.0 Å². The van der Waals surface area contributed by atoms with Crippen molar-refractivity contribution in [2.24, 2.45) is 0 Å². The van der Waals surface area contributed by atoms with Crippen molar-refractivity contribution in [2.75, 3.05) is 0 Å². The molecule has 0 fully saturated rings. The molecule has 0 aliphatic carbocycles. The topological polar surface area (TPSA) is 51.2 Å². The fourth-order valence-corrected chi connectivity index (χ4v) is 4.14. The van der Waals surface area contributed by atoms with Gasteiger partial charge in [-0.1, -0.05) is 59.6 Å². The van der Waals surface area contributed by atoms with Gasteiger partial charge in [0.05, 0.1) is 0 Å². The zero-order valence-electron chi connectivity index (χ0n) is 16.3. The van der Waals surface area contributed by atoms with E-state index in [0.29, 0.717) is 34.6 Å². The van der Waals surface area contributed by atoms with Crippen LogP contribution in [0.4, 0.5) is 0 Å². The lowest BCUT2D eigenvalue weighted by Gasteiger charge is -2.08. The Kier molecular flexibility index (Phi) is 6.87. The summed E-state index contributed by atoms with van der Waals surface area (Å²) in [5.41, 5.74) is 3.24. The Morgan fingerprint density at radius 2 is 1.77 bits per heavy atom. The molecular formula is C24H18Cl2N2O2S. The first-order chi connectivity index (χ1) is 15.1. The normalized spacial score (nSPS) is 10.6. The number of hydrogen-bond acceptors (Lipinski definition) is 4. The van der Waals surface area contributed by atoms with Crippen molar-refractivity contribution < 1.29 is 9.53 Å². The van der Waals surface area contributed by atoms with E-state index >= 15 is 0 Å². The first kappa shape index (κ1) is 21.4. The molecule has 1 N–H and O–H groups in total. The number of ether oxygens (including phenoxy) is 1. The van der Waals surface area contributed by atoms with Gasteiger partial charge in [-0.2, -0.15) is 0 Å². The summed E-state index contributed by atoms with van der Waals surface area (Å²) in [6.45, 7) is 0.814. The number of thiazole rings is 1. The lowest BCUT2D eigenvalue weighted by Crippen LogP contribution is -2.23. The molecule has 4 nitrogen and oxygen atoms in total. The SMILES string of the molecule is O=C(NCc1ccccc1)c1csc(-c2ccc(OCc3ccc(Cl)cc3Cl)cc2)n1. The molecule has 0 saturated carbocycles. The molecule has 0 spiro atoms. The summed E-state index contributed by atoms with van der Waals surface area (Å²) in [6, 6.07) is 22.7. The van der Waals surface area contributed by atoms with Crippen molar-refractivity contribution in [3.63, 3.8) is 0 Å². The van der Waals surface area contributed by atoms with Crippen LogP contribution in [0, 0.1) is 0 Å². The largest absolute Gasteiger partial charge is 0.489 e. The second-order valence-corrected chi connectivity index (χ2v) is 8.46. The van der Waals surface area contributed by atoms with Crippen molar-refractivity contribution in [1.29, 1.82) is 0 Å². The van der Waals surface area contributed by atoms with E-state index in [1.165, 1.54) is 11.3 Å². The van der Waals surface area contributed by atoms with Gasteiger partial charge >= 0.3 is 0 Å². The minimum absolute atomic E-state index is 0.189. The monoisotopic (exact) mass is 468 g/mol. The van der Waals surface area contributed by atoms with Gasteiger partial charge in [0.2, 0.25) is 0 Å². The zero-order chi connectivity index (χ0) is 21.6. The molecule has 156 valence electrons. The van der Waals surface area contributed by atoms with Gasteiger partial charge in [0.1, 0.15) is 23.1 Å². The van der Waals surface area contributed by atoms with Crippen LogP contribution in [-0.4, -0.2) is 10.9 Å². The molecule has 1 heterocycles. The lowest BCUT2D eigenvalue weighted by atomic mass is 10.2. The minimum atomic E-state index is -0.189. The average molecular weight is 469 g/mol. The van der Waals surface area contributed by atoms with E-state index in [-0.39, 0.29) is 5.91 Å². The van der Waals surface area contributed by atoms with Gasteiger partial charge < -0.3 is 10.1 Å². The molecule has 0 aliphatic heterocycles. The van der Waals surface area contributed by atoms with Crippen molar-refractivity contribution in [3.05, 3.63) is 105 Å². The highest BCUT2D eigenvalue weighted by molar-refractivity contribution is 7.13. The van der Waals surface area contributed by atoms with Gasteiger partial charge in [-0.05, 0) is 42.0 Å². The van der Waals surface area contributed by atoms with Gasteiger partial charge in [-0.25, -0.2) is 4.98 Å². The first-order valence-electron chi connectivity index (χ1n) is 9.53. The highest BCUT2D eigenvalue weighted by Crippen LogP contribution is 2.27.